The lowest BCUT2D eigenvalue weighted by atomic mass is 9.98. The van der Waals surface area contributed by atoms with Crippen LogP contribution in [0.3, 0.4) is 0 Å². The lowest BCUT2D eigenvalue weighted by molar-refractivity contribution is 1.49. The molecule has 2 aromatic rings. The quantitative estimate of drug-likeness (QED) is 0.802. The predicted molar refractivity (Wildman–Crippen MR) is 81.0 cm³/mol. The van der Waals surface area contributed by atoms with Crippen LogP contribution in [0.5, 0.6) is 0 Å². The molecule has 4 N–H and O–H groups in total. The number of rotatable bonds is 2. The maximum absolute atomic E-state index is 6.07. The molecule has 0 fully saturated rings. The van der Waals surface area contributed by atoms with E-state index in [4.69, 9.17) is 11.5 Å². The molecule has 0 spiro atoms. The Labute approximate surface area is 112 Å². The van der Waals surface area contributed by atoms with E-state index < -0.39 is 0 Å². The van der Waals surface area contributed by atoms with E-state index in [1.165, 1.54) is 0 Å². The Morgan fingerprint density at radius 1 is 0.895 bits per heavy atom. The molecule has 1 aliphatic rings. The van der Waals surface area contributed by atoms with E-state index in [1.54, 1.807) is 0 Å². The van der Waals surface area contributed by atoms with Crippen molar-refractivity contribution in [2.45, 2.75) is 6.42 Å². The van der Waals surface area contributed by atoms with Crippen LogP contribution in [-0.2, 0) is 0 Å². The van der Waals surface area contributed by atoms with Crippen LogP contribution in [0.2, 0.25) is 0 Å². The van der Waals surface area contributed by atoms with Crippen LogP contribution in [-0.4, -0.2) is 5.71 Å². The maximum Gasteiger partial charge on any atom is 0.0514 e. The lowest BCUT2D eigenvalue weighted by Gasteiger charge is -2.09. The number of anilines is 2. The summed E-state index contributed by atoms with van der Waals surface area (Å²) in [6.45, 7) is 0. The zero-order valence-corrected chi connectivity index (χ0v) is 10.5. The molecule has 3 nitrogen and oxygen atoms in total. The van der Waals surface area contributed by atoms with E-state index in [2.05, 4.69) is 17.1 Å². The Kier molecular flexibility index (Phi) is 2.80. The van der Waals surface area contributed by atoms with E-state index in [1.807, 2.05) is 42.6 Å². The van der Waals surface area contributed by atoms with Crippen LogP contribution in [0.15, 0.2) is 59.7 Å². The molecule has 0 unspecified atom stereocenters. The van der Waals surface area contributed by atoms with Gasteiger partial charge in [0.2, 0.25) is 0 Å². The van der Waals surface area contributed by atoms with Crippen molar-refractivity contribution in [3.8, 4) is 11.1 Å². The number of hydrogen-bond donors (Lipinski definition) is 2. The smallest absolute Gasteiger partial charge is 0.0514 e. The SMILES string of the molecule is Nc1ccc(-c2cc(C3=NC=CC3)ccc2N)cc1. The zero-order chi connectivity index (χ0) is 13.2. The summed E-state index contributed by atoms with van der Waals surface area (Å²) in [7, 11) is 0. The van der Waals surface area contributed by atoms with Crippen molar-refractivity contribution < 1.29 is 0 Å². The number of benzene rings is 2. The van der Waals surface area contributed by atoms with Crippen molar-refractivity contribution in [2.75, 3.05) is 11.5 Å². The molecule has 19 heavy (non-hydrogen) atoms. The van der Waals surface area contributed by atoms with Gasteiger partial charge in [-0.1, -0.05) is 24.3 Å². The predicted octanol–water partition coefficient (Wildman–Crippen LogP) is 3.22. The maximum atomic E-state index is 6.07. The van der Waals surface area contributed by atoms with Gasteiger partial charge in [-0.25, -0.2) is 0 Å². The second-order valence-corrected chi connectivity index (χ2v) is 4.59. The fourth-order valence-corrected chi connectivity index (χ4v) is 2.20. The molecule has 94 valence electrons. The van der Waals surface area contributed by atoms with Crippen molar-refractivity contribution in [1.82, 2.24) is 0 Å². The molecule has 0 saturated heterocycles. The van der Waals surface area contributed by atoms with Gasteiger partial charge in [-0.3, -0.25) is 4.99 Å². The highest BCUT2D eigenvalue weighted by molar-refractivity contribution is 6.04. The Morgan fingerprint density at radius 3 is 2.32 bits per heavy atom. The van der Waals surface area contributed by atoms with Crippen molar-refractivity contribution >= 4 is 17.1 Å². The van der Waals surface area contributed by atoms with Crippen LogP contribution in [0, 0.1) is 0 Å². The van der Waals surface area contributed by atoms with Crippen LogP contribution >= 0.6 is 0 Å². The van der Waals surface area contributed by atoms with E-state index in [9.17, 15) is 0 Å². The minimum atomic E-state index is 0.753. The van der Waals surface area contributed by atoms with Crippen LogP contribution in [0.25, 0.3) is 11.1 Å². The molecule has 0 aromatic heterocycles. The summed E-state index contributed by atoms with van der Waals surface area (Å²) >= 11 is 0. The van der Waals surface area contributed by atoms with Gasteiger partial charge in [0.1, 0.15) is 0 Å². The normalized spacial score (nSPS) is 13.6. The highest BCUT2D eigenvalue weighted by atomic mass is 14.7. The van der Waals surface area contributed by atoms with Crippen LogP contribution in [0.4, 0.5) is 11.4 Å². The summed E-state index contributed by atoms with van der Waals surface area (Å²) in [4.78, 5) is 4.36. The fourth-order valence-electron chi connectivity index (χ4n) is 2.20. The van der Waals surface area contributed by atoms with E-state index >= 15 is 0 Å². The summed E-state index contributed by atoms with van der Waals surface area (Å²) in [6, 6.07) is 13.8. The molecule has 3 rings (SSSR count). The van der Waals surface area contributed by atoms with Gasteiger partial charge >= 0.3 is 0 Å². The Hall–Kier alpha value is -2.55. The summed E-state index contributed by atoms with van der Waals surface area (Å²) in [5.41, 5.74) is 17.6. The molecular weight excluding hydrogens is 234 g/mol. The minimum Gasteiger partial charge on any atom is -0.399 e. The third-order valence-electron chi connectivity index (χ3n) is 3.26. The summed E-state index contributed by atoms with van der Waals surface area (Å²) in [5, 5.41) is 0. The van der Waals surface area contributed by atoms with Crippen molar-refractivity contribution in [1.29, 1.82) is 0 Å². The lowest BCUT2D eigenvalue weighted by Crippen LogP contribution is -1.99. The largest absolute Gasteiger partial charge is 0.399 e. The van der Waals surface area contributed by atoms with Gasteiger partial charge in [0, 0.05) is 29.6 Å². The second-order valence-electron chi connectivity index (χ2n) is 4.59. The fraction of sp³-hybridized carbons (Fsp3) is 0.0625. The average molecular weight is 249 g/mol. The first-order valence-electron chi connectivity index (χ1n) is 6.21. The molecule has 2 aromatic carbocycles. The highest BCUT2D eigenvalue weighted by Crippen LogP contribution is 2.28. The zero-order valence-electron chi connectivity index (χ0n) is 10.5. The minimum absolute atomic E-state index is 0.753. The highest BCUT2D eigenvalue weighted by Gasteiger charge is 2.09. The molecule has 1 aliphatic heterocycles. The monoisotopic (exact) mass is 249 g/mol. The standard InChI is InChI=1S/C16H15N3/c17-13-6-3-11(4-7-13)14-10-12(5-8-15(14)18)16-2-1-9-19-16/h1,3-10H,2,17-18H2. The number of nitrogens with zero attached hydrogens (tertiary/aromatic N) is 1. The number of hydrogen-bond acceptors (Lipinski definition) is 3. The molecule has 3 heteroatoms. The second kappa shape index (κ2) is 4.61. The molecule has 0 saturated carbocycles. The van der Waals surface area contributed by atoms with E-state index in [-0.39, 0.29) is 0 Å². The number of nitrogens with two attached hydrogens (primary N) is 2. The topological polar surface area (TPSA) is 64.4 Å². The Balaban J connectivity index is 2.05. The van der Waals surface area contributed by atoms with Gasteiger partial charge in [0.15, 0.2) is 0 Å². The Bertz CT molecular complexity index is 667. The molecular formula is C16H15N3. The molecule has 0 amide bonds. The van der Waals surface area contributed by atoms with Crippen molar-refractivity contribution in [3.05, 3.63) is 60.3 Å². The molecule has 0 radical (unpaired) electrons. The van der Waals surface area contributed by atoms with E-state index in [0.717, 1.165) is 40.2 Å². The van der Waals surface area contributed by atoms with Crippen LogP contribution in [0.1, 0.15) is 12.0 Å². The molecule has 0 bridgehead atoms. The molecule has 0 atom stereocenters. The summed E-state index contributed by atoms with van der Waals surface area (Å²) in [5.74, 6) is 0. The first kappa shape index (κ1) is 11.5. The third-order valence-corrected chi connectivity index (χ3v) is 3.26. The van der Waals surface area contributed by atoms with Gasteiger partial charge in [0.25, 0.3) is 0 Å². The molecule has 1 heterocycles. The number of aliphatic imine (C=N–C) groups is 1. The average Bonchev–Trinajstić information content (AvgIpc) is 2.94. The van der Waals surface area contributed by atoms with Gasteiger partial charge in [0.05, 0.1) is 5.71 Å². The number of nitrogen functional groups attached to an aromatic ring is 2. The first-order valence-corrected chi connectivity index (χ1v) is 6.21. The van der Waals surface area contributed by atoms with Gasteiger partial charge < -0.3 is 11.5 Å². The van der Waals surface area contributed by atoms with Gasteiger partial charge in [-0.15, -0.1) is 0 Å². The van der Waals surface area contributed by atoms with Gasteiger partial charge in [-0.05, 0) is 35.4 Å². The van der Waals surface area contributed by atoms with Crippen molar-refractivity contribution in [2.24, 2.45) is 4.99 Å². The number of allylic oxidation sites excluding steroid dienone is 1. The van der Waals surface area contributed by atoms with Gasteiger partial charge in [-0.2, -0.15) is 0 Å². The van der Waals surface area contributed by atoms with Crippen LogP contribution < -0.4 is 11.5 Å². The first-order chi connectivity index (χ1) is 9.24. The molecule has 0 aliphatic carbocycles. The third kappa shape index (κ3) is 2.22. The summed E-state index contributed by atoms with van der Waals surface area (Å²) in [6.07, 6.45) is 4.77. The Morgan fingerprint density at radius 2 is 1.63 bits per heavy atom. The summed E-state index contributed by atoms with van der Waals surface area (Å²) < 4.78 is 0. The van der Waals surface area contributed by atoms with Crippen molar-refractivity contribution in [3.63, 3.8) is 0 Å². The van der Waals surface area contributed by atoms with E-state index in [0.29, 0.717) is 0 Å².